The van der Waals surface area contributed by atoms with E-state index in [-0.39, 0.29) is 17.5 Å². The standard InChI is InChI=1S/C12H15O5P/c13-18(14,15)12-3-1-2-8(4-9-6-16-9)11(12)5-10-7-17-10/h1-3,9-10H,4-7H2,(H2,13,14,15). The number of benzene rings is 1. The van der Waals surface area contributed by atoms with E-state index < -0.39 is 7.60 Å². The van der Waals surface area contributed by atoms with E-state index in [0.29, 0.717) is 13.0 Å². The fraction of sp³-hybridized carbons (Fsp3) is 0.500. The highest BCUT2D eigenvalue weighted by Gasteiger charge is 2.31. The Morgan fingerprint density at radius 3 is 2.33 bits per heavy atom. The average molecular weight is 270 g/mol. The lowest BCUT2D eigenvalue weighted by atomic mass is 9.99. The molecule has 0 saturated carbocycles. The van der Waals surface area contributed by atoms with Crippen molar-refractivity contribution in [2.75, 3.05) is 13.2 Å². The maximum absolute atomic E-state index is 11.5. The normalized spacial score (nSPS) is 26.1. The van der Waals surface area contributed by atoms with Crippen LogP contribution in [0, 0.1) is 0 Å². The summed E-state index contributed by atoms with van der Waals surface area (Å²) in [5.41, 5.74) is 1.71. The van der Waals surface area contributed by atoms with Crippen LogP contribution in [0.4, 0.5) is 0 Å². The molecule has 0 aromatic heterocycles. The number of hydrogen-bond acceptors (Lipinski definition) is 3. The van der Waals surface area contributed by atoms with Crippen molar-refractivity contribution in [3.63, 3.8) is 0 Å². The summed E-state index contributed by atoms with van der Waals surface area (Å²) in [7, 11) is -4.23. The van der Waals surface area contributed by atoms with Crippen LogP contribution in [0.15, 0.2) is 18.2 Å². The van der Waals surface area contributed by atoms with Gasteiger partial charge in [0.2, 0.25) is 0 Å². The van der Waals surface area contributed by atoms with Crippen molar-refractivity contribution in [3.8, 4) is 0 Å². The molecule has 2 unspecified atom stereocenters. The van der Waals surface area contributed by atoms with Gasteiger partial charge >= 0.3 is 7.60 Å². The molecule has 0 spiro atoms. The van der Waals surface area contributed by atoms with Crippen molar-refractivity contribution in [1.29, 1.82) is 0 Å². The highest BCUT2D eigenvalue weighted by molar-refractivity contribution is 7.60. The van der Waals surface area contributed by atoms with E-state index in [2.05, 4.69) is 0 Å². The van der Waals surface area contributed by atoms with Gasteiger partial charge in [-0.2, -0.15) is 0 Å². The van der Waals surface area contributed by atoms with Crippen molar-refractivity contribution in [3.05, 3.63) is 29.3 Å². The molecule has 2 saturated heterocycles. The van der Waals surface area contributed by atoms with Crippen LogP contribution in [0.25, 0.3) is 0 Å². The molecule has 0 amide bonds. The van der Waals surface area contributed by atoms with E-state index in [1.165, 1.54) is 6.07 Å². The summed E-state index contributed by atoms with van der Waals surface area (Å²) in [6, 6.07) is 5.12. The van der Waals surface area contributed by atoms with E-state index in [0.717, 1.165) is 24.2 Å². The molecular weight excluding hydrogens is 255 g/mol. The van der Waals surface area contributed by atoms with E-state index in [1.54, 1.807) is 6.07 Å². The van der Waals surface area contributed by atoms with Crippen LogP contribution in [0.3, 0.4) is 0 Å². The zero-order valence-corrected chi connectivity index (χ0v) is 10.7. The zero-order valence-electron chi connectivity index (χ0n) is 9.78. The van der Waals surface area contributed by atoms with Crippen LogP contribution in [-0.2, 0) is 26.9 Å². The third-order valence-electron chi connectivity index (χ3n) is 3.25. The minimum absolute atomic E-state index is 0.108. The molecule has 2 fully saturated rings. The second-order valence-corrected chi connectivity index (χ2v) is 6.35. The Labute approximate surface area is 105 Å². The first-order chi connectivity index (χ1) is 8.54. The number of hydrogen-bond donors (Lipinski definition) is 2. The Hall–Kier alpha value is -0.710. The quantitative estimate of drug-likeness (QED) is 0.596. The van der Waals surface area contributed by atoms with Crippen molar-refractivity contribution in [1.82, 2.24) is 0 Å². The average Bonchev–Trinajstić information content (AvgIpc) is 3.12. The van der Waals surface area contributed by atoms with Crippen molar-refractivity contribution < 1.29 is 23.8 Å². The van der Waals surface area contributed by atoms with E-state index in [4.69, 9.17) is 9.47 Å². The Kier molecular flexibility index (Phi) is 3.04. The molecule has 1 aromatic carbocycles. The number of ether oxygens (including phenoxy) is 2. The third kappa shape index (κ3) is 2.82. The van der Waals surface area contributed by atoms with Gasteiger partial charge in [0.15, 0.2) is 0 Å². The SMILES string of the molecule is O=P(O)(O)c1cccc(CC2CO2)c1CC1CO1. The predicted octanol–water partition coefficient (Wildman–Crippen LogP) is 0.372. The molecule has 1 aromatic rings. The predicted molar refractivity (Wildman–Crippen MR) is 65.0 cm³/mol. The first kappa shape index (κ1) is 12.3. The molecule has 98 valence electrons. The highest BCUT2D eigenvalue weighted by atomic mass is 31.2. The zero-order chi connectivity index (χ0) is 12.8. The molecule has 18 heavy (non-hydrogen) atoms. The van der Waals surface area contributed by atoms with Crippen molar-refractivity contribution >= 4 is 12.9 Å². The van der Waals surface area contributed by atoms with Gasteiger partial charge in [-0.3, -0.25) is 4.57 Å². The molecule has 2 heterocycles. The topological polar surface area (TPSA) is 82.6 Å². The van der Waals surface area contributed by atoms with Crippen molar-refractivity contribution in [2.45, 2.75) is 25.0 Å². The van der Waals surface area contributed by atoms with Crippen LogP contribution >= 0.6 is 7.60 Å². The van der Waals surface area contributed by atoms with Gasteiger partial charge in [0, 0.05) is 12.8 Å². The molecule has 2 aliphatic heterocycles. The lowest BCUT2D eigenvalue weighted by Gasteiger charge is -2.14. The highest BCUT2D eigenvalue weighted by Crippen LogP contribution is 2.37. The molecule has 0 aliphatic carbocycles. The summed E-state index contributed by atoms with van der Waals surface area (Å²) >= 11 is 0. The fourth-order valence-electron chi connectivity index (χ4n) is 2.17. The number of rotatable bonds is 5. The Bertz CT molecular complexity index is 501. The molecule has 6 heteroatoms. The summed E-state index contributed by atoms with van der Waals surface area (Å²) in [5, 5.41) is 0.135. The molecule has 2 atom stereocenters. The maximum Gasteiger partial charge on any atom is 0.356 e. The summed E-state index contributed by atoms with van der Waals surface area (Å²) in [6.45, 7) is 1.41. The third-order valence-corrected chi connectivity index (χ3v) is 4.29. The fourth-order valence-corrected chi connectivity index (χ4v) is 3.03. The van der Waals surface area contributed by atoms with Crippen LogP contribution in [-0.4, -0.2) is 35.2 Å². The van der Waals surface area contributed by atoms with Crippen LogP contribution in [0.2, 0.25) is 0 Å². The largest absolute Gasteiger partial charge is 0.373 e. The van der Waals surface area contributed by atoms with E-state index in [1.807, 2.05) is 6.07 Å². The maximum atomic E-state index is 11.5. The van der Waals surface area contributed by atoms with Gasteiger partial charge in [0.05, 0.1) is 30.7 Å². The molecule has 0 radical (unpaired) electrons. The minimum Gasteiger partial charge on any atom is -0.373 e. The smallest absolute Gasteiger partial charge is 0.356 e. The Balaban J connectivity index is 1.97. The van der Waals surface area contributed by atoms with Gasteiger partial charge in [-0.1, -0.05) is 12.1 Å². The van der Waals surface area contributed by atoms with Crippen LogP contribution in [0.1, 0.15) is 11.1 Å². The van der Waals surface area contributed by atoms with Gasteiger partial charge in [-0.15, -0.1) is 0 Å². The molecule has 2 N–H and O–H groups in total. The Morgan fingerprint density at radius 1 is 1.17 bits per heavy atom. The lowest BCUT2D eigenvalue weighted by Crippen LogP contribution is -2.17. The van der Waals surface area contributed by atoms with Gasteiger partial charge in [0.25, 0.3) is 0 Å². The summed E-state index contributed by atoms with van der Waals surface area (Å²) < 4.78 is 21.9. The van der Waals surface area contributed by atoms with Gasteiger partial charge in [-0.05, 0) is 17.2 Å². The second kappa shape index (κ2) is 4.44. The first-order valence-corrected chi connectivity index (χ1v) is 7.55. The molecular formula is C12H15O5P. The monoisotopic (exact) mass is 270 g/mol. The molecule has 0 bridgehead atoms. The molecule has 2 aliphatic rings. The Morgan fingerprint density at radius 2 is 1.78 bits per heavy atom. The minimum atomic E-state index is -4.23. The summed E-state index contributed by atoms with van der Waals surface area (Å²) in [5.74, 6) is 0. The van der Waals surface area contributed by atoms with Gasteiger partial charge in [-0.25, -0.2) is 0 Å². The molecule has 3 rings (SSSR count). The van der Waals surface area contributed by atoms with Gasteiger partial charge < -0.3 is 19.3 Å². The van der Waals surface area contributed by atoms with Crippen LogP contribution in [0.5, 0.6) is 0 Å². The van der Waals surface area contributed by atoms with E-state index >= 15 is 0 Å². The summed E-state index contributed by atoms with van der Waals surface area (Å²) in [6.07, 6.45) is 1.60. The molecule has 5 nitrogen and oxygen atoms in total. The van der Waals surface area contributed by atoms with Crippen molar-refractivity contribution in [2.24, 2.45) is 0 Å². The summed E-state index contributed by atoms with van der Waals surface area (Å²) in [4.78, 5) is 18.8. The van der Waals surface area contributed by atoms with Gasteiger partial charge in [0.1, 0.15) is 0 Å². The first-order valence-electron chi connectivity index (χ1n) is 5.94. The number of epoxide rings is 2. The van der Waals surface area contributed by atoms with Crippen LogP contribution < -0.4 is 5.30 Å². The second-order valence-electron chi connectivity index (χ2n) is 4.78. The van der Waals surface area contributed by atoms with E-state index in [9.17, 15) is 14.4 Å². The lowest BCUT2D eigenvalue weighted by molar-refractivity contribution is 0.385.